The highest BCUT2D eigenvalue weighted by molar-refractivity contribution is 7.92. The Labute approximate surface area is 171 Å². The standard InChI is InChI=1S/C19H23N3O4S.ClH/c1-13-6-8-15(9-7-13)27(25,26)22-17-5-3-2-4-16(17)19(24)21-11-14-10-20-12-18(14)23;/h2-9,14,18,20,22-23H,10-12H2,1H3,(H,21,24);1H. The van der Waals surface area contributed by atoms with Crippen LogP contribution in [0.4, 0.5) is 5.69 Å². The lowest BCUT2D eigenvalue weighted by Gasteiger charge is -2.16. The highest BCUT2D eigenvalue weighted by Gasteiger charge is 2.26. The van der Waals surface area contributed by atoms with Gasteiger partial charge < -0.3 is 15.7 Å². The van der Waals surface area contributed by atoms with Gasteiger partial charge in [0, 0.05) is 25.6 Å². The second-order valence-electron chi connectivity index (χ2n) is 6.66. The van der Waals surface area contributed by atoms with Gasteiger partial charge in [0.05, 0.1) is 22.3 Å². The normalized spacial score (nSPS) is 18.9. The number of sulfonamides is 1. The number of hydrogen-bond acceptors (Lipinski definition) is 5. The maximum atomic E-state index is 12.6. The van der Waals surface area contributed by atoms with Crippen molar-refractivity contribution >= 4 is 34.0 Å². The van der Waals surface area contributed by atoms with Gasteiger partial charge in [-0.2, -0.15) is 0 Å². The number of halogens is 1. The Bertz CT molecular complexity index is 919. The molecule has 1 amide bonds. The average Bonchev–Trinajstić information content (AvgIpc) is 3.05. The molecule has 1 saturated heterocycles. The second-order valence-corrected chi connectivity index (χ2v) is 8.34. The first kappa shape index (κ1) is 22.2. The molecule has 28 heavy (non-hydrogen) atoms. The van der Waals surface area contributed by atoms with Crippen molar-refractivity contribution in [2.75, 3.05) is 24.4 Å². The number of hydrogen-bond donors (Lipinski definition) is 4. The molecule has 2 unspecified atom stereocenters. The van der Waals surface area contributed by atoms with E-state index in [-0.39, 0.29) is 34.5 Å². The van der Waals surface area contributed by atoms with Crippen LogP contribution < -0.4 is 15.4 Å². The first-order valence-corrected chi connectivity index (χ1v) is 10.2. The lowest BCUT2D eigenvalue weighted by molar-refractivity contribution is 0.0928. The van der Waals surface area contributed by atoms with Crippen molar-refractivity contribution in [2.45, 2.75) is 17.9 Å². The van der Waals surface area contributed by atoms with Crippen LogP contribution in [0.2, 0.25) is 0 Å². The Balaban J connectivity index is 0.00000280. The van der Waals surface area contributed by atoms with Crippen molar-refractivity contribution in [3.8, 4) is 0 Å². The molecule has 1 heterocycles. The molecule has 0 aromatic heterocycles. The van der Waals surface area contributed by atoms with Crippen LogP contribution >= 0.6 is 12.4 Å². The number of anilines is 1. The number of nitrogens with one attached hydrogen (secondary N) is 3. The topological polar surface area (TPSA) is 108 Å². The minimum Gasteiger partial charge on any atom is -0.391 e. The number of carbonyl (C=O) groups excluding carboxylic acids is 1. The van der Waals surface area contributed by atoms with Gasteiger partial charge in [0.2, 0.25) is 0 Å². The van der Waals surface area contributed by atoms with Crippen LogP contribution in [0.1, 0.15) is 15.9 Å². The van der Waals surface area contributed by atoms with Crippen molar-refractivity contribution in [3.63, 3.8) is 0 Å². The minimum absolute atomic E-state index is 0. The smallest absolute Gasteiger partial charge is 0.261 e. The maximum Gasteiger partial charge on any atom is 0.261 e. The minimum atomic E-state index is -3.81. The van der Waals surface area contributed by atoms with Gasteiger partial charge in [0.1, 0.15) is 0 Å². The summed E-state index contributed by atoms with van der Waals surface area (Å²) < 4.78 is 27.7. The highest BCUT2D eigenvalue weighted by atomic mass is 35.5. The SMILES string of the molecule is Cc1ccc(S(=O)(=O)Nc2ccccc2C(=O)NCC2CNCC2O)cc1.Cl. The number of benzene rings is 2. The van der Waals surface area contributed by atoms with Gasteiger partial charge in [-0.3, -0.25) is 9.52 Å². The van der Waals surface area contributed by atoms with Crippen LogP contribution in [0.15, 0.2) is 53.4 Å². The van der Waals surface area contributed by atoms with E-state index in [1.54, 1.807) is 36.4 Å². The van der Waals surface area contributed by atoms with Crippen LogP contribution in [0.3, 0.4) is 0 Å². The molecule has 1 fully saturated rings. The molecule has 1 aliphatic rings. The van der Waals surface area contributed by atoms with Gasteiger partial charge >= 0.3 is 0 Å². The average molecular weight is 426 g/mol. The Morgan fingerprint density at radius 2 is 1.82 bits per heavy atom. The molecule has 3 rings (SSSR count). The Morgan fingerprint density at radius 1 is 1.14 bits per heavy atom. The monoisotopic (exact) mass is 425 g/mol. The number of β-amino-alcohol motifs (C(OH)–C–C–N with tert-alkyl or cyclic N) is 1. The summed E-state index contributed by atoms with van der Waals surface area (Å²) in [4.78, 5) is 12.7. The summed E-state index contributed by atoms with van der Waals surface area (Å²) in [6.45, 7) is 3.32. The number of para-hydroxylation sites is 1. The molecular formula is C19H24ClN3O4S. The highest BCUT2D eigenvalue weighted by Crippen LogP contribution is 2.20. The van der Waals surface area contributed by atoms with Crippen LogP contribution in [0.25, 0.3) is 0 Å². The molecule has 2 aromatic rings. The van der Waals surface area contributed by atoms with Gasteiger partial charge in [-0.1, -0.05) is 29.8 Å². The first-order valence-electron chi connectivity index (χ1n) is 8.72. The zero-order chi connectivity index (χ0) is 19.4. The Kier molecular flexibility index (Phi) is 7.42. The van der Waals surface area contributed by atoms with E-state index in [1.807, 2.05) is 6.92 Å². The van der Waals surface area contributed by atoms with E-state index in [2.05, 4.69) is 15.4 Å². The second kappa shape index (κ2) is 9.38. The fourth-order valence-corrected chi connectivity index (χ4v) is 4.02. The molecule has 0 spiro atoms. The summed E-state index contributed by atoms with van der Waals surface area (Å²) >= 11 is 0. The molecule has 152 valence electrons. The maximum absolute atomic E-state index is 12.6. The van der Waals surface area contributed by atoms with E-state index in [0.29, 0.717) is 19.6 Å². The van der Waals surface area contributed by atoms with Crippen molar-refractivity contribution in [2.24, 2.45) is 5.92 Å². The molecule has 0 bridgehead atoms. The van der Waals surface area contributed by atoms with Crippen molar-refractivity contribution in [1.82, 2.24) is 10.6 Å². The molecule has 9 heteroatoms. The van der Waals surface area contributed by atoms with E-state index in [1.165, 1.54) is 12.1 Å². The number of rotatable bonds is 6. The number of aryl methyl sites for hydroxylation is 1. The fourth-order valence-electron chi connectivity index (χ4n) is 2.94. The van der Waals surface area contributed by atoms with Crippen molar-refractivity contribution < 1.29 is 18.3 Å². The molecule has 2 atom stereocenters. The Hall–Kier alpha value is -2.13. The molecule has 7 nitrogen and oxygen atoms in total. The number of aliphatic hydroxyl groups excluding tert-OH is 1. The number of amides is 1. The number of aliphatic hydroxyl groups is 1. The predicted molar refractivity (Wildman–Crippen MR) is 110 cm³/mol. The van der Waals surface area contributed by atoms with Gasteiger partial charge in [0.25, 0.3) is 15.9 Å². The largest absolute Gasteiger partial charge is 0.391 e. The van der Waals surface area contributed by atoms with E-state index in [9.17, 15) is 18.3 Å². The van der Waals surface area contributed by atoms with Crippen LogP contribution in [0, 0.1) is 12.8 Å². The summed E-state index contributed by atoms with van der Waals surface area (Å²) in [5, 5.41) is 15.6. The van der Waals surface area contributed by atoms with Gasteiger partial charge in [-0.05, 0) is 31.2 Å². The van der Waals surface area contributed by atoms with Gasteiger partial charge in [0.15, 0.2) is 0 Å². The lowest BCUT2D eigenvalue weighted by atomic mass is 10.1. The molecular weight excluding hydrogens is 402 g/mol. The number of carbonyl (C=O) groups is 1. The van der Waals surface area contributed by atoms with Crippen molar-refractivity contribution in [3.05, 3.63) is 59.7 Å². The molecule has 4 N–H and O–H groups in total. The summed E-state index contributed by atoms with van der Waals surface area (Å²) in [7, 11) is -3.81. The fraction of sp³-hybridized carbons (Fsp3) is 0.316. The zero-order valence-electron chi connectivity index (χ0n) is 15.4. The first-order chi connectivity index (χ1) is 12.9. The predicted octanol–water partition coefficient (Wildman–Crippen LogP) is 1.53. The molecule has 0 saturated carbocycles. The third kappa shape index (κ3) is 5.23. The van der Waals surface area contributed by atoms with Gasteiger partial charge in [-0.25, -0.2) is 8.42 Å². The van der Waals surface area contributed by atoms with E-state index >= 15 is 0 Å². The molecule has 1 aliphatic heterocycles. The Morgan fingerprint density at radius 3 is 2.46 bits per heavy atom. The summed E-state index contributed by atoms with van der Waals surface area (Å²) in [6.07, 6.45) is -0.499. The van der Waals surface area contributed by atoms with E-state index in [0.717, 1.165) is 5.56 Å². The van der Waals surface area contributed by atoms with Crippen LogP contribution in [-0.2, 0) is 10.0 Å². The van der Waals surface area contributed by atoms with Crippen LogP contribution in [-0.4, -0.2) is 45.2 Å². The van der Waals surface area contributed by atoms with E-state index in [4.69, 9.17) is 0 Å². The third-order valence-corrected chi connectivity index (χ3v) is 5.96. The van der Waals surface area contributed by atoms with Crippen LogP contribution in [0.5, 0.6) is 0 Å². The summed E-state index contributed by atoms with van der Waals surface area (Å²) in [5.41, 5.74) is 1.40. The zero-order valence-corrected chi connectivity index (χ0v) is 17.0. The molecule has 0 radical (unpaired) electrons. The summed E-state index contributed by atoms with van der Waals surface area (Å²) in [6, 6.07) is 12.9. The third-order valence-electron chi connectivity index (χ3n) is 4.58. The van der Waals surface area contributed by atoms with Gasteiger partial charge in [-0.15, -0.1) is 12.4 Å². The van der Waals surface area contributed by atoms with E-state index < -0.39 is 22.0 Å². The molecule has 0 aliphatic carbocycles. The summed E-state index contributed by atoms with van der Waals surface area (Å²) in [5.74, 6) is -0.457. The lowest BCUT2D eigenvalue weighted by Crippen LogP contribution is -2.34. The quantitative estimate of drug-likeness (QED) is 0.561. The molecule has 2 aromatic carbocycles. The van der Waals surface area contributed by atoms with Crippen molar-refractivity contribution in [1.29, 1.82) is 0 Å².